The van der Waals surface area contributed by atoms with Gasteiger partial charge in [-0.25, -0.2) is 4.98 Å². The highest BCUT2D eigenvalue weighted by Crippen LogP contribution is 2.27. The number of fused-ring (bicyclic) bond motifs is 1. The van der Waals surface area contributed by atoms with Crippen molar-refractivity contribution in [2.75, 3.05) is 17.7 Å². The Morgan fingerprint density at radius 3 is 2.77 bits per heavy atom. The first kappa shape index (κ1) is 17.8. The van der Waals surface area contributed by atoms with Gasteiger partial charge >= 0.3 is 0 Å². The molecule has 0 saturated heterocycles. The maximum atomic E-state index is 12.1. The summed E-state index contributed by atoms with van der Waals surface area (Å²) in [6.07, 6.45) is 0. The number of nitriles is 1. The normalized spacial score (nSPS) is 10.3. The van der Waals surface area contributed by atoms with Crippen molar-refractivity contribution in [3.63, 3.8) is 0 Å². The van der Waals surface area contributed by atoms with E-state index in [1.54, 1.807) is 6.07 Å². The van der Waals surface area contributed by atoms with Crippen molar-refractivity contribution >= 4 is 34.3 Å². The van der Waals surface area contributed by atoms with Crippen LogP contribution in [-0.4, -0.2) is 23.3 Å². The van der Waals surface area contributed by atoms with Gasteiger partial charge in [0.15, 0.2) is 0 Å². The summed E-state index contributed by atoms with van der Waals surface area (Å²) in [5.74, 6) is 0.762. The van der Waals surface area contributed by atoms with E-state index in [9.17, 15) is 10.1 Å². The number of hydrogen-bond acceptors (Lipinski definition) is 5. The summed E-state index contributed by atoms with van der Waals surface area (Å²) >= 11 is 1.25. The van der Waals surface area contributed by atoms with Crippen LogP contribution in [0.25, 0.3) is 10.9 Å². The van der Waals surface area contributed by atoms with E-state index in [1.165, 1.54) is 11.8 Å². The number of carbonyl (C=O) groups is 1. The Balaban J connectivity index is 1.77. The Labute approximate surface area is 156 Å². The second kappa shape index (κ2) is 8.37. The highest BCUT2D eigenvalue weighted by molar-refractivity contribution is 8.00. The predicted molar refractivity (Wildman–Crippen MR) is 103 cm³/mol. The van der Waals surface area contributed by atoms with E-state index in [0.717, 1.165) is 22.3 Å². The molecule has 0 aliphatic carbocycles. The lowest BCUT2D eigenvalue weighted by molar-refractivity contribution is -0.113. The Morgan fingerprint density at radius 1 is 1.23 bits per heavy atom. The topological polar surface area (TPSA) is 75.0 Å². The van der Waals surface area contributed by atoms with Gasteiger partial charge in [0.25, 0.3) is 0 Å². The molecule has 1 N–H and O–H groups in total. The second-order valence-electron chi connectivity index (χ2n) is 5.44. The number of rotatable bonds is 6. The maximum absolute atomic E-state index is 12.1. The third-order valence-electron chi connectivity index (χ3n) is 3.58. The Bertz CT molecular complexity index is 968. The molecule has 0 aliphatic rings. The third kappa shape index (κ3) is 4.32. The van der Waals surface area contributed by atoms with Crippen molar-refractivity contribution < 1.29 is 9.53 Å². The van der Waals surface area contributed by atoms with Gasteiger partial charge in [0.05, 0.1) is 23.4 Å². The number of benzene rings is 2. The lowest BCUT2D eigenvalue weighted by atomic mass is 10.1. The van der Waals surface area contributed by atoms with E-state index >= 15 is 0 Å². The zero-order valence-corrected chi connectivity index (χ0v) is 15.0. The Morgan fingerprint density at radius 2 is 2.04 bits per heavy atom. The highest BCUT2D eigenvalue weighted by Gasteiger charge is 2.11. The summed E-state index contributed by atoms with van der Waals surface area (Å²) in [5.41, 5.74) is 1.94. The van der Waals surface area contributed by atoms with Gasteiger partial charge in [0.2, 0.25) is 5.91 Å². The van der Waals surface area contributed by atoms with E-state index in [1.807, 2.05) is 55.5 Å². The van der Waals surface area contributed by atoms with Gasteiger partial charge in [-0.1, -0.05) is 30.0 Å². The molecule has 1 heterocycles. The smallest absolute Gasteiger partial charge is 0.234 e. The molecule has 6 heteroatoms. The van der Waals surface area contributed by atoms with Crippen LogP contribution in [0.1, 0.15) is 12.5 Å². The molecule has 3 rings (SSSR count). The molecule has 0 fully saturated rings. The van der Waals surface area contributed by atoms with Gasteiger partial charge < -0.3 is 10.1 Å². The van der Waals surface area contributed by atoms with Gasteiger partial charge in [-0.3, -0.25) is 4.79 Å². The molecule has 3 aromatic rings. The number of ether oxygens (including phenoxy) is 1. The molecule has 0 radical (unpaired) electrons. The van der Waals surface area contributed by atoms with Crippen molar-refractivity contribution in [1.82, 2.24) is 4.98 Å². The molecule has 1 amide bonds. The number of nitrogens with one attached hydrogen (secondary N) is 1. The zero-order chi connectivity index (χ0) is 18.4. The monoisotopic (exact) mass is 363 g/mol. The molecular formula is C20H17N3O2S. The number of thioether (sulfide) groups is 1. The number of nitrogens with zero attached hydrogens (tertiary/aromatic N) is 2. The zero-order valence-electron chi connectivity index (χ0n) is 14.2. The molecule has 1 aromatic heterocycles. The van der Waals surface area contributed by atoms with Gasteiger partial charge in [-0.05, 0) is 37.3 Å². The Kier molecular flexibility index (Phi) is 5.72. The molecule has 26 heavy (non-hydrogen) atoms. The van der Waals surface area contributed by atoms with Gasteiger partial charge in [-0.15, -0.1) is 0 Å². The van der Waals surface area contributed by atoms with Crippen LogP contribution in [0.15, 0.2) is 59.6 Å². The molecule has 0 bridgehead atoms. The van der Waals surface area contributed by atoms with E-state index < -0.39 is 0 Å². The summed E-state index contributed by atoms with van der Waals surface area (Å²) in [5, 5.41) is 13.6. The predicted octanol–water partition coefficient (Wildman–Crippen LogP) is 4.24. The molecule has 0 atom stereocenters. The van der Waals surface area contributed by atoms with Crippen molar-refractivity contribution in [2.45, 2.75) is 11.9 Å². The quantitative estimate of drug-likeness (QED) is 0.663. The molecule has 0 spiro atoms. The van der Waals surface area contributed by atoms with Crippen LogP contribution in [-0.2, 0) is 4.79 Å². The number of pyridine rings is 1. The number of hydrogen-bond donors (Lipinski definition) is 1. The van der Waals surface area contributed by atoms with Crippen molar-refractivity contribution in [3.05, 3.63) is 60.2 Å². The fourth-order valence-corrected chi connectivity index (χ4v) is 3.19. The number of carbonyl (C=O) groups excluding carboxylic acids is 1. The fraction of sp³-hybridized carbons (Fsp3) is 0.150. The number of aromatic nitrogens is 1. The molecular weight excluding hydrogens is 346 g/mol. The molecule has 0 unspecified atom stereocenters. The summed E-state index contributed by atoms with van der Waals surface area (Å²) in [7, 11) is 0. The number of para-hydroxylation sites is 1. The van der Waals surface area contributed by atoms with Crippen LogP contribution in [0.2, 0.25) is 0 Å². The molecule has 2 aromatic carbocycles. The van der Waals surface area contributed by atoms with Crippen LogP contribution in [0.3, 0.4) is 0 Å². The molecule has 0 saturated carbocycles. The van der Waals surface area contributed by atoms with Gasteiger partial charge in [-0.2, -0.15) is 5.26 Å². The van der Waals surface area contributed by atoms with Crippen LogP contribution >= 0.6 is 11.8 Å². The first-order chi connectivity index (χ1) is 12.7. The minimum absolute atomic E-state index is 0.143. The van der Waals surface area contributed by atoms with Crippen LogP contribution in [0.5, 0.6) is 5.75 Å². The van der Waals surface area contributed by atoms with Crippen molar-refractivity contribution in [1.29, 1.82) is 5.26 Å². The first-order valence-electron chi connectivity index (χ1n) is 8.15. The molecule has 130 valence electrons. The van der Waals surface area contributed by atoms with E-state index in [2.05, 4.69) is 16.4 Å². The lowest BCUT2D eigenvalue weighted by Crippen LogP contribution is -2.14. The minimum Gasteiger partial charge on any atom is -0.494 e. The standard InChI is InChI=1S/C20H17N3O2S/c1-2-25-17-9-8-14-10-15(12-21)20(23-18(14)11-17)26-13-19(24)22-16-6-4-3-5-7-16/h3-11H,2,13H2,1H3,(H,22,24). The summed E-state index contributed by atoms with van der Waals surface area (Å²) in [6.45, 7) is 2.49. The molecule has 0 aliphatic heterocycles. The first-order valence-corrected chi connectivity index (χ1v) is 9.13. The van der Waals surface area contributed by atoms with Gasteiger partial charge in [0.1, 0.15) is 16.8 Å². The summed E-state index contributed by atoms with van der Waals surface area (Å²) in [4.78, 5) is 16.7. The van der Waals surface area contributed by atoms with E-state index in [0.29, 0.717) is 17.2 Å². The number of anilines is 1. The lowest BCUT2D eigenvalue weighted by Gasteiger charge is -2.08. The number of amides is 1. The SMILES string of the molecule is CCOc1ccc2cc(C#N)c(SCC(=O)Nc3ccccc3)nc2c1. The fourth-order valence-electron chi connectivity index (χ4n) is 2.43. The minimum atomic E-state index is -0.143. The van der Waals surface area contributed by atoms with Crippen LogP contribution in [0.4, 0.5) is 5.69 Å². The average Bonchev–Trinajstić information content (AvgIpc) is 2.66. The van der Waals surface area contributed by atoms with Crippen LogP contribution < -0.4 is 10.1 Å². The van der Waals surface area contributed by atoms with E-state index in [-0.39, 0.29) is 11.7 Å². The highest BCUT2D eigenvalue weighted by atomic mass is 32.2. The van der Waals surface area contributed by atoms with Crippen molar-refractivity contribution in [3.8, 4) is 11.8 Å². The largest absolute Gasteiger partial charge is 0.494 e. The summed E-state index contributed by atoms with van der Waals surface area (Å²) < 4.78 is 5.50. The van der Waals surface area contributed by atoms with Gasteiger partial charge in [0, 0.05) is 17.1 Å². The molecule has 5 nitrogen and oxygen atoms in total. The van der Waals surface area contributed by atoms with E-state index in [4.69, 9.17) is 4.74 Å². The van der Waals surface area contributed by atoms with Crippen molar-refractivity contribution in [2.24, 2.45) is 0 Å². The second-order valence-corrected chi connectivity index (χ2v) is 6.41. The summed E-state index contributed by atoms with van der Waals surface area (Å²) in [6, 6.07) is 18.8. The third-order valence-corrected chi connectivity index (χ3v) is 4.57. The maximum Gasteiger partial charge on any atom is 0.234 e. The Hall–Kier alpha value is -3.04. The average molecular weight is 363 g/mol. The van der Waals surface area contributed by atoms with Crippen LogP contribution in [0, 0.1) is 11.3 Å².